The van der Waals surface area contributed by atoms with Crippen molar-refractivity contribution in [1.29, 1.82) is 0 Å². The molecule has 0 bridgehead atoms. The molecule has 1 aliphatic rings. The van der Waals surface area contributed by atoms with Gasteiger partial charge in [-0.05, 0) is 30.9 Å². The standard InChI is InChI=1S/C17H23N5O3S/c1-11-6-3-4-7-12(11)18-16(24)19-14(23)10-26-17-21-20-15(22(17)2)13-8-5-9-25-13/h5,8-9,11-12H,3-4,6-7,10H2,1-2H3,(H2,18,19,23,24)/t11-,12+/m1/s1. The van der Waals surface area contributed by atoms with Crippen molar-refractivity contribution in [3.8, 4) is 11.6 Å². The van der Waals surface area contributed by atoms with Crippen LogP contribution >= 0.6 is 11.8 Å². The fourth-order valence-electron chi connectivity index (χ4n) is 3.09. The molecule has 0 unspecified atom stereocenters. The smallest absolute Gasteiger partial charge is 0.321 e. The van der Waals surface area contributed by atoms with Crippen molar-refractivity contribution in [2.75, 3.05) is 5.75 Å². The van der Waals surface area contributed by atoms with Gasteiger partial charge in [0.15, 0.2) is 16.7 Å². The van der Waals surface area contributed by atoms with Crippen molar-refractivity contribution in [3.05, 3.63) is 18.4 Å². The molecule has 26 heavy (non-hydrogen) atoms. The molecule has 2 N–H and O–H groups in total. The van der Waals surface area contributed by atoms with Crippen LogP contribution in [0.5, 0.6) is 0 Å². The lowest BCUT2D eigenvalue weighted by atomic mass is 9.86. The maximum absolute atomic E-state index is 12.0. The first kappa shape index (κ1) is 18.5. The third kappa shape index (κ3) is 4.46. The molecule has 2 aromatic rings. The first-order chi connectivity index (χ1) is 12.5. The van der Waals surface area contributed by atoms with Gasteiger partial charge in [-0.15, -0.1) is 10.2 Å². The summed E-state index contributed by atoms with van der Waals surface area (Å²) >= 11 is 1.22. The molecule has 0 spiro atoms. The highest BCUT2D eigenvalue weighted by Crippen LogP contribution is 2.24. The Hall–Kier alpha value is -2.29. The van der Waals surface area contributed by atoms with Crippen molar-refractivity contribution in [2.45, 2.75) is 43.8 Å². The number of rotatable bonds is 5. The van der Waals surface area contributed by atoms with Crippen molar-refractivity contribution in [1.82, 2.24) is 25.4 Å². The van der Waals surface area contributed by atoms with Gasteiger partial charge < -0.3 is 14.3 Å². The highest BCUT2D eigenvalue weighted by molar-refractivity contribution is 7.99. The molecule has 0 radical (unpaired) electrons. The zero-order valence-corrected chi connectivity index (χ0v) is 15.7. The van der Waals surface area contributed by atoms with E-state index in [2.05, 4.69) is 27.8 Å². The summed E-state index contributed by atoms with van der Waals surface area (Å²) in [5.41, 5.74) is 0. The second kappa shape index (κ2) is 8.39. The number of amides is 3. The average molecular weight is 377 g/mol. The van der Waals surface area contributed by atoms with E-state index in [1.807, 2.05) is 0 Å². The van der Waals surface area contributed by atoms with Gasteiger partial charge in [-0.2, -0.15) is 0 Å². The zero-order valence-electron chi connectivity index (χ0n) is 14.9. The van der Waals surface area contributed by atoms with Crippen LogP contribution in [-0.2, 0) is 11.8 Å². The predicted octanol–water partition coefficient (Wildman–Crippen LogP) is 2.57. The highest BCUT2D eigenvalue weighted by Gasteiger charge is 2.23. The van der Waals surface area contributed by atoms with Gasteiger partial charge in [-0.1, -0.05) is 31.5 Å². The van der Waals surface area contributed by atoms with E-state index in [0.717, 1.165) is 19.3 Å². The summed E-state index contributed by atoms with van der Waals surface area (Å²) in [7, 11) is 1.80. The SMILES string of the molecule is C[C@@H]1CCCC[C@@H]1NC(=O)NC(=O)CSc1nnc(-c2ccco2)n1C. The van der Waals surface area contributed by atoms with Crippen molar-refractivity contribution >= 4 is 23.7 Å². The fraction of sp³-hybridized carbons (Fsp3) is 0.529. The molecule has 9 heteroatoms. The van der Waals surface area contributed by atoms with E-state index < -0.39 is 6.03 Å². The Morgan fingerprint density at radius 2 is 2.15 bits per heavy atom. The van der Waals surface area contributed by atoms with E-state index >= 15 is 0 Å². The number of nitrogens with one attached hydrogen (secondary N) is 2. The third-order valence-electron chi connectivity index (χ3n) is 4.59. The van der Waals surface area contributed by atoms with Crippen LogP contribution in [0.2, 0.25) is 0 Å². The number of aromatic nitrogens is 3. The highest BCUT2D eigenvalue weighted by atomic mass is 32.2. The van der Waals surface area contributed by atoms with Gasteiger partial charge >= 0.3 is 6.03 Å². The molecule has 8 nitrogen and oxygen atoms in total. The number of thioether (sulfide) groups is 1. The lowest BCUT2D eigenvalue weighted by Gasteiger charge is -2.29. The van der Waals surface area contributed by atoms with Crippen LogP contribution in [0, 0.1) is 5.92 Å². The van der Waals surface area contributed by atoms with Gasteiger partial charge in [0, 0.05) is 13.1 Å². The third-order valence-corrected chi connectivity index (χ3v) is 5.61. The largest absolute Gasteiger partial charge is 0.461 e. The van der Waals surface area contributed by atoms with Crippen molar-refractivity contribution in [2.24, 2.45) is 13.0 Å². The van der Waals surface area contributed by atoms with Gasteiger partial charge in [0.1, 0.15) is 0 Å². The Kier molecular flexibility index (Phi) is 5.97. The summed E-state index contributed by atoms with van der Waals surface area (Å²) in [6.45, 7) is 2.13. The van der Waals surface area contributed by atoms with Crippen molar-refractivity contribution in [3.63, 3.8) is 0 Å². The van der Waals surface area contributed by atoms with Gasteiger partial charge in [-0.3, -0.25) is 10.1 Å². The average Bonchev–Trinajstić information content (AvgIpc) is 3.25. The van der Waals surface area contributed by atoms with E-state index in [4.69, 9.17) is 4.42 Å². The lowest BCUT2D eigenvalue weighted by molar-refractivity contribution is -0.117. The Labute approximate surface area is 156 Å². The van der Waals surface area contributed by atoms with E-state index in [1.165, 1.54) is 18.2 Å². The Balaban J connectivity index is 1.47. The second-order valence-corrected chi connectivity index (χ2v) is 7.46. The molecule has 2 heterocycles. The summed E-state index contributed by atoms with van der Waals surface area (Å²) in [5, 5.41) is 14.0. The molecule has 0 aromatic carbocycles. The van der Waals surface area contributed by atoms with E-state index in [1.54, 1.807) is 30.0 Å². The Morgan fingerprint density at radius 3 is 2.88 bits per heavy atom. The number of urea groups is 1. The first-order valence-electron chi connectivity index (χ1n) is 8.71. The Bertz CT molecular complexity index is 759. The molecule has 1 saturated carbocycles. The van der Waals surface area contributed by atoms with Crippen LogP contribution in [0.4, 0.5) is 4.79 Å². The van der Waals surface area contributed by atoms with Crippen LogP contribution in [0.15, 0.2) is 28.0 Å². The summed E-state index contributed by atoms with van der Waals surface area (Å²) in [6.07, 6.45) is 5.96. The van der Waals surface area contributed by atoms with Gasteiger partial charge in [-0.25, -0.2) is 4.79 Å². The van der Waals surface area contributed by atoms with Gasteiger partial charge in [0.2, 0.25) is 5.91 Å². The van der Waals surface area contributed by atoms with Crippen LogP contribution < -0.4 is 10.6 Å². The minimum Gasteiger partial charge on any atom is -0.461 e. The molecule has 0 saturated heterocycles. The van der Waals surface area contributed by atoms with Gasteiger partial charge in [0.05, 0.1) is 12.0 Å². The number of hydrogen-bond acceptors (Lipinski definition) is 6. The molecule has 0 aliphatic heterocycles. The van der Waals surface area contributed by atoms with Gasteiger partial charge in [0.25, 0.3) is 0 Å². The first-order valence-corrected chi connectivity index (χ1v) is 9.69. The number of furan rings is 1. The fourth-order valence-corrected chi connectivity index (χ4v) is 3.80. The summed E-state index contributed by atoms with van der Waals surface area (Å²) in [4.78, 5) is 24.0. The lowest BCUT2D eigenvalue weighted by Crippen LogP contribution is -2.48. The van der Waals surface area contributed by atoms with Crippen molar-refractivity contribution < 1.29 is 14.0 Å². The summed E-state index contributed by atoms with van der Waals surface area (Å²) < 4.78 is 7.06. The topological polar surface area (TPSA) is 102 Å². The van der Waals surface area contributed by atoms with E-state index in [0.29, 0.717) is 22.7 Å². The molecule has 1 fully saturated rings. The zero-order chi connectivity index (χ0) is 18.5. The second-order valence-electron chi connectivity index (χ2n) is 6.52. The quantitative estimate of drug-likeness (QED) is 0.777. The number of nitrogens with zero attached hydrogens (tertiary/aromatic N) is 3. The number of carbonyl (C=O) groups is 2. The Morgan fingerprint density at radius 1 is 1.35 bits per heavy atom. The maximum Gasteiger partial charge on any atom is 0.321 e. The van der Waals surface area contributed by atoms with E-state index in [-0.39, 0.29) is 17.7 Å². The molecular weight excluding hydrogens is 354 g/mol. The van der Waals surface area contributed by atoms with Crippen LogP contribution in [0.3, 0.4) is 0 Å². The molecule has 140 valence electrons. The molecule has 1 aliphatic carbocycles. The number of hydrogen-bond donors (Lipinski definition) is 2. The summed E-state index contributed by atoms with van der Waals surface area (Å²) in [6, 6.07) is 3.28. The molecule has 3 rings (SSSR count). The molecule has 3 amide bonds. The van der Waals surface area contributed by atoms with Crippen LogP contribution in [0.25, 0.3) is 11.6 Å². The molecule has 2 atom stereocenters. The number of carbonyl (C=O) groups excluding carboxylic acids is 2. The predicted molar refractivity (Wildman–Crippen MR) is 97.5 cm³/mol. The van der Waals surface area contributed by atoms with Crippen LogP contribution in [-0.4, -0.2) is 38.5 Å². The monoisotopic (exact) mass is 377 g/mol. The van der Waals surface area contributed by atoms with Crippen LogP contribution in [0.1, 0.15) is 32.6 Å². The molecule has 2 aromatic heterocycles. The minimum absolute atomic E-state index is 0.0811. The number of imide groups is 1. The summed E-state index contributed by atoms with van der Waals surface area (Å²) in [5.74, 6) is 1.35. The molecular formula is C17H23N5O3S. The minimum atomic E-state index is -0.427. The van der Waals surface area contributed by atoms with E-state index in [9.17, 15) is 9.59 Å². The maximum atomic E-state index is 12.0. The normalized spacial score (nSPS) is 19.9.